The zero-order chi connectivity index (χ0) is 17.6. The van der Waals surface area contributed by atoms with Crippen molar-refractivity contribution in [2.45, 2.75) is 45.2 Å². The van der Waals surface area contributed by atoms with E-state index in [1.165, 1.54) is 0 Å². The van der Waals surface area contributed by atoms with E-state index in [0.29, 0.717) is 18.3 Å². The highest BCUT2D eigenvalue weighted by Crippen LogP contribution is 2.38. The quantitative estimate of drug-likeness (QED) is 0.723. The van der Waals surface area contributed by atoms with Crippen molar-refractivity contribution in [3.8, 4) is 11.5 Å². The van der Waals surface area contributed by atoms with Gasteiger partial charge in [0.2, 0.25) is 0 Å². The first-order valence-electron chi connectivity index (χ1n) is 8.38. The Morgan fingerprint density at radius 2 is 1.92 bits per heavy atom. The third-order valence-corrected chi connectivity index (χ3v) is 5.21. The molecule has 0 spiro atoms. The molecule has 1 saturated carbocycles. The van der Waals surface area contributed by atoms with Crippen LogP contribution in [0.5, 0.6) is 0 Å². The third kappa shape index (κ3) is 3.24. The molecule has 3 aromatic rings. The molecule has 4 rings (SSSR count). The van der Waals surface area contributed by atoms with Gasteiger partial charge < -0.3 is 10.3 Å². The van der Waals surface area contributed by atoms with Crippen LogP contribution < -0.4 is 5.73 Å². The van der Waals surface area contributed by atoms with Crippen LogP contribution in [0.3, 0.4) is 0 Å². The first kappa shape index (κ1) is 18.9. The van der Waals surface area contributed by atoms with E-state index < -0.39 is 5.54 Å². The molecular weight excluding hydrogens is 373 g/mol. The van der Waals surface area contributed by atoms with E-state index >= 15 is 0 Å². The van der Waals surface area contributed by atoms with E-state index in [4.69, 9.17) is 21.9 Å². The fraction of sp³-hybridized carbons (Fsp3) is 0.389. The molecule has 1 aliphatic carbocycles. The highest BCUT2D eigenvalue weighted by atomic mass is 35.5. The summed E-state index contributed by atoms with van der Waals surface area (Å²) in [4.78, 5) is 4.55. The van der Waals surface area contributed by atoms with Crippen LogP contribution in [0, 0.1) is 13.8 Å². The number of nitrogens with two attached hydrogens (primary N) is 1. The lowest BCUT2D eigenvalue weighted by Gasteiger charge is -2.34. The monoisotopic (exact) mass is 393 g/mol. The van der Waals surface area contributed by atoms with Gasteiger partial charge in [-0.1, -0.05) is 28.9 Å². The Labute approximate surface area is 163 Å². The van der Waals surface area contributed by atoms with Crippen molar-refractivity contribution in [1.29, 1.82) is 0 Å². The topological polar surface area (TPSA) is 82.8 Å². The number of halogens is 2. The van der Waals surface area contributed by atoms with Crippen molar-refractivity contribution in [3.63, 3.8) is 0 Å². The minimum Gasteiger partial charge on any atom is -0.334 e. The van der Waals surface area contributed by atoms with Crippen molar-refractivity contribution < 1.29 is 4.52 Å². The maximum Gasteiger partial charge on any atom is 0.261 e. The molecule has 1 aromatic carbocycles. The maximum absolute atomic E-state index is 6.29. The molecule has 0 saturated heterocycles. The first-order valence-corrected chi connectivity index (χ1v) is 8.76. The molecule has 0 radical (unpaired) electrons. The van der Waals surface area contributed by atoms with Gasteiger partial charge in [0, 0.05) is 10.7 Å². The molecule has 0 amide bonds. The van der Waals surface area contributed by atoms with Crippen molar-refractivity contribution in [1.82, 2.24) is 19.9 Å². The lowest BCUT2D eigenvalue weighted by molar-refractivity contribution is 0.229. The second-order valence-corrected chi connectivity index (χ2v) is 7.20. The predicted molar refractivity (Wildman–Crippen MR) is 103 cm³/mol. The fourth-order valence-electron chi connectivity index (χ4n) is 3.23. The Morgan fingerprint density at radius 3 is 2.54 bits per heavy atom. The van der Waals surface area contributed by atoms with Gasteiger partial charge in [0.15, 0.2) is 5.82 Å². The number of benzene rings is 1. The predicted octanol–water partition coefficient (Wildman–Crippen LogP) is 4.01. The van der Waals surface area contributed by atoms with Crippen molar-refractivity contribution in [2.24, 2.45) is 5.73 Å². The molecule has 2 aromatic heterocycles. The van der Waals surface area contributed by atoms with Crippen LogP contribution >= 0.6 is 24.0 Å². The molecule has 8 heteroatoms. The normalized spacial score (nSPS) is 15.4. The summed E-state index contributed by atoms with van der Waals surface area (Å²) in [5.41, 5.74) is 9.73. The molecule has 0 aliphatic heterocycles. The molecule has 0 unspecified atom stereocenters. The summed E-state index contributed by atoms with van der Waals surface area (Å²) in [6.07, 6.45) is 2.91. The van der Waals surface area contributed by atoms with Crippen LogP contribution in [-0.2, 0) is 12.1 Å². The molecule has 6 nitrogen and oxygen atoms in total. The minimum absolute atomic E-state index is 0. The lowest BCUT2D eigenvalue weighted by Crippen LogP contribution is -2.44. The lowest BCUT2D eigenvalue weighted by atomic mass is 9.77. The van der Waals surface area contributed by atoms with Gasteiger partial charge in [-0.15, -0.1) is 12.4 Å². The molecule has 0 bridgehead atoms. The van der Waals surface area contributed by atoms with Crippen LogP contribution in [0.4, 0.5) is 0 Å². The maximum atomic E-state index is 6.29. The second-order valence-electron chi connectivity index (χ2n) is 6.76. The van der Waals surface area contributed by atoms with E-state index in [-0.39, 0.29) is 12.4 Å². The van der Waals surface area contributed by atoms with Crippen LogP contribution in [0.2, 0.25) is 5.02 Å². The van der Waals surface area contributed by atoms with E-state index in [2.05, 4.69) is 15.2 Å². The molecule has 2 heterocycles. The van der Waals surface area contributed by atoms with Crippen molar-refractivity contribution in [3.05, 3.63) is 52.1 Å². The summed E-state index contributed by atoms with van der Waals surface area (Å²) in [7, 11) is 0. The average molecular weight is 394 g/mol. The highest BCUT2D eigenvalue weighted by molar-refractivity contribution is 6.30. The smallest absolute Gasteiger partial charge is 0.261 e. The summed E-state index contributed by atoms with van der Waals surface area (Å²) >= 11 is 5.95. The summed E-state index contributed by atoms with van der Waals surface area (Å²) in [6.45, 7) is 4.62. The molecule has 138 valence electrons. The molecular formula is C18H21Cl2N5O. The summed E-state index contributed by atoms with van der Waals surface area (Å²) in [5, 5.41) is 9.47. The van der Waals surface area contributed by atoms with Gasteiger partial charge in [-0.25, -0.2) is 0 Å². The van der Waals surface area contributed by atoms with Gasteiger partial charge in [0.25, 0.3) is 5.89 Å². The molecule has 2 N–H and O–H groups in total. The zero-order valence-electron chi connectivity index (χ0n) is 14.7. The van der Waals surface area contributed by atoms with Gasteiger partial charge >= 0.3 is 0 Å². The summed E-state index contributed by atoms with van der Waals surface area (Å²) < 4.78 is 7.45. The largest absolute Gasteiger partial charge is 0.334 e. The van der Waals surface area contributed by atoms with Crippen LogP contribution in [0.1, 0.15) is 42.0 Å². The number of hydrogen-bond donors (Lipinski definition) is 1. The van der Waals surface area contributed by atoms with Gasteiger partial charge in [-0.05, 0) is 50.8 Å². The second kappa shape index (κ2) is 7.02. The fourth-order valence-corrected chi connectivity index (χ4v) is 3.36. The molecule has 26 heavy (non-hydrogen) atoms. The summed E-state index contributed by atoms with van der Waals surface area (Å²) in [6, 6.07) is 7.76. The SMILES string of the molecule is Cc1nn(Cc2ccc(Cl)cc2)c(C)c1-c1nc(C2(N)CCC2)no1.Cl. The van der Waals surface area contributed by atoms with Crippen LogP contribution in [0.25, 0.3) is 11.5 Å². The first-order chi connectivity index (χ1) is 12.0. The Kier molecular flexibility index (Phi) is 5.10. The Morgan fingerprint density at radius 1 is 1.23 bits per heavy atom. The van der Waals surface area contributed by atoms with E-state index in [1.54, 1.807) is 0 Å². The third-order valence-electron chi connectivity index (χ3n) is 4.96. The average Bonchev–Trinajstić information content (AvgIpc) is 3.13. The highest BCUT2D eigenvalue weighted by Gasteiger charge is 2.39. The van der Waals surface area contributed by atoms with Gasteiger partial charge in [-0.3, -0.25) is 4.68 Å². The molecule has 1 aliphatic rings. The Hall–Kier alpha value is -1.89. The van der Waals surface area contributed by atoms with Gasteiger partial charge in [0.05, 0.1) is 23.3 Å². The van der Waals surface area contributed by atoms with Gasteiger partial charge in [0.1, 0.15) is 0 Å². The van der Waals surface area contributed by atoms with Gasteiger partial charge in [-0.2, -0.15) is 10.1 Å². The van der Waals surface area contributed by atoms with E-state index in [1.807, 2.05) is 42.8 Å². The molecule has 0 atom stereocenters. The van der Waals surface area contributed by atoms with E-state index in [9.17, 15) is 0 Å². The number of hydrogen-bond acceptors (Lipinski definition) is 5. The standard InChI is InChI=1S/C18H20ClN5O.ClH/c1-11-15(16-21-17(23-25-16)18(20)8-3-9-18)12(2)24(22-11)10-13-4-6-14(19)7-5-13;/h4-7H,3,8-10,20H2,1-2H3;1H. The van der Waals surface area contributed by atoms with Crippen LogP contribution in [0.15, 0.2) is 28.8 Å². The van der Waals surface area contributed by atoms with Crippen LogP contribution in [-0.4, -0.2) is 19.9 Å². The van der Waals surface area contributed by atoms with Crippen molar-refractivity contribution >= 4 is 24.0 Å². The Balaban J connectivity index is 0.00000196. The Bertz CT molecular complexity index is 912. The number of aromatic nitrogens is 4. The summed E-state index contributed by atoms with van der Waals surface area (Å²) in [5.74, 6) is 1.09. The van der Waals surface area contributed by atoms with E-state index in [0.717, 1.165) is 46.8 Å². The number of nitrogens with zero attached hydrogens (tertiary/aromatic N) is 4. The molecule has 1 fully saturated rings. The minimum atomic E-state index is -0.428. The number of rotatable bonds is 4. The number of aryl methyl sites for hydroxylation is 1. The van der Waals surface area contributed by atoms with Crippen molar-refractivity contribution in [2.75, 3.05) is 0 Å². The zero-order valence-corrected chi connectivity index (χ0v) is 16.3.